The summed E-state index contributed by atoms with van der Waals surface area (Å²) >= 11 is 11.7. The first-order valence-electron chi connectivity index (χ1n) is 5.32. The summed E-state index contributed by atoms with van der Waals surface area (Å²) in [7, 11) is -2.64. The van der Waals surface area contributed by atoms with Crippen molar-refractivity contribution in [1.82, 2.24) is 5.16 Å². The van der Waals surface area contributed by atoms with Crippen molar-refractivity contribution < 1.29 is 17.7 Å². The molecule has 0 bridgehead atoms. The molecule has 0 unspecified atom stereocenters. The van der Waals surface area contributed by atoms with Gasteiger partial charge in [0.05, 0.1) is 12.1 Å². The molecule has 0 amide bonds. The molecule has 6 nitrogen and oxygen atoms in total. The smallest absolute Gasteiger partial charge is 0.266 e. The molecular weight excluding hydrogens is 327 g/mol. The number of halogens is 2. The van der Waals surface area contributed by atoms with Gasteiger partial charge in [-0.1, -0.05) is 28.4 Å². The SMILES string of the molecule is COc1c(Cl)cc(Cl)cc1S(=O)(=O)Nc1cc(C)on1. The van der Waals surface area contributed by atoms with Gasteiger partial charge in [0.15, 0.2) is 11.6 Å². The molecule has 1 aromatic heterocycles. The van der Waals surface area contributed by atoms with Gasteiger partial charge in [0.1, 0.15) is 10.7 Å². The zero-order chi connectivity index (χ0) is 14.9. The van der Waals surface area contributed by atoms with E-state index < -0.39 is 10.0 Å². The van der Waals surface area contributed by atoms with Crippen LogP contribution < -0.4 is 9.46 Å². The minimum absolute atomic E-state index is 0.00350. The molecule has 1 N–H and O–H groups in total. The van der Waals surface area contributed by atoms with E-state index in [9.17, 15) is 8.42 Å². The van der Waals surface area contributed by atoms with Gasteiger partial charge >= 0.3 is 0 Å². The Kier molecular flexibility index (Phi) is 4.12. The number of sulfonamides is 1. The summed E-state index contributed by atoms with van der Waals surface area (Å²) < 4.78 is 36.7. The standard InChI is InChI=1S/C11H10Cl2N2O4S/c1-6-3-10(14-19-6)15-20(16,17)9-5-7(12)4-8(13)11(9)18-2/h3-5H,1-2H3,(H,14,15). The van der Waals surface area contributed by atoms with Crippen molar-refractivity contribution in [2.75, 3.05) is 11.8 Å². The molecule has 0 atom stereocenters. The Hall–Kier alpha value is -1.44. The summed E-state index contributed by atoms with van der Waals surface area (Å²) in [5.41, 5.74) is 0. The van der Waals surface area contributed by atoms with Crippen LogP contribution in [0.1, 0.15) is 5.76 Å². The Morgan fingerprint density at radius 2 is 2.00 bits per heavy atom. The molecule has 0 spiro atoms. The van der Waals surface area contributed by atoms with Crippen molar-refractivity contribution >= 4 is 39.0 Å². The maximum atomic E-state index is 12.3. The summed E-state index contributed by atoms with van der Waals surface area (Å²) in [6, 6.07) is 4.07. The Balaban J connectivity index is 2.49. The molecule has 0 aliphatic heterocycles. The highest BCUT2D eigenvalue weighted by Crippen LogP contribution is 2.35. The van der Waals surface area contributed by atoms with Crippen LogP contribution in [0.15, 0.2) is 27.6 Å². The number of hydrogen-bond donors (Lipinski definition) is 1. The Morgan fingerprint density at radius 1 is 1.30 bits per heavy atom. The van der Waals surface area contributed by atoms with Crippen LogP contribution in [-0.4, -0.2) is 20.7 Å². The second kappa shape index (κ2) is 5.51. The molecule has 9 heteroatoms. The highest BCUT2D eigenvalue weighted by Gasteiger charge is 2.24. The van der Waals surface area contributed by atoms with Crippen molar-refractivity contribution in [1.29, 1.82) is 0 Å². The molecule has 0 radical (unpaired) electrons. The number of ether oxygens (including phenoxy) is 1. The number of aryl methyl sites for hydroxylation is 1. The number of benzene rings is 1. The molecular formula is C11H10Cl2N2O4S. The predicted molar refractivity (Wildman–Crippen MR) is 75.1 cm³/mol. The molecule has 20 heavy (non-hydrogen) atoms. The largest absolute Gasteiger partial charge is 0.494 e. The fourth-order valence-corrected chi connectivity index (χ4v) is 3.43. The van der Waals surface area contributed by atoms with E-state index in [0.717, 1.165) is 0 Å². The first-order chi connectivity index (χ1) is 9.33. The van der Waals surface area contributed by atoms with Crippen molar-refractivity contribution in [3.63, 3.8) is 0 Å². The molecule has 2 rings (SSSR count). The minimum Gasteiger partial charge on any atom is -0.494 e. The quantitative estimate of drug-likeness (QED) is 0.927. The lowest BCUT2D eigenvalue weighted by molar-refractivity contribution is 0.399. The molecule has 2 aromatic rings. The van der Waals surface area contributed by atoms with Gasteiger partial charge in [-0.2, -0.15) is 0 Å². The summed E-state index contributed by atoms with van der Waals surface area (Å²) in [4.78, 5) is -0.182. The zero-order valence-corrected chi connectivity index (χ0v) is 12.8. The number of nitrogens with zero attached hydrogens (tertiary/aromatic N) is 1. The molecule has 0 saturated heterocycles. The van der Waals surface area contributed by atoms with Gasteiger partial charge < -0.3 is 9.26 Å². The Bertz CT molecular complexity index is 743. The van der Waals surface area contributed by atoms with Crippen LogP contribution in [0.25, 0.3) is 0 Å². The maximum absolute atomic E-state index is 12.3. The summed E-state index contributed by atoms with van der Waals surface area (Å²) in [5.74, 6) is 0.531. The second-order valence-electron chi connectivity index (χ2n) is 3.85. The highest BCUT2D eigenvalue weighted by molar-refractivity contribution is 7.92. The van der Waals surface area contributed by atoms with Crippen LogP contribution in [0.4, 0.5) is 5.82 Å². The summed E-state index contributed by atoms with van der Waals surface area (Å²) in [6.07, 6.45) is 0. The van der Waals surface area contributed by atoms with Crippen LogP contribution in [0.2, 0.25) is 10.0 Å². The van der Waals surface area contributed by atoms with Crippen LogP contribution in [0.3, 0.4) is 0 Å². The minimum atomic E-state index is -3.95. The van der Waals surface area contributed by atoms with E-state index in [4.69, 9.17) is 32.5 Å². The molecule has 1 aromatic carbocycles. The lowest BCUT2D eigenvalue weighted by atomic mass is 10.3. The van der Waals surface area contributed by atoms with Gasteiger partial charge in [-0.25, -0.2) is 8.42 Å². The fourth-order valence-electron chi connectivity index (χ4n) is 1.54. The Labute approximate surface area is 125 Å². The molecule has 0 aliphatic rings. The first kappa shape index (κ1) is 15.0. The third-order valence-corrected chi connectivity index (χ3v) is 4.19. The third kappa shape index (κ3) is 3.00. The van der Waals surface area contributed by atoms with Gasteiger partial charge in [0.25, 0.3) is 10.0 Å². The molecule has 0 aliphatic carbocycles. The van der Waals surface area contributed by atoms with E-state index in [1.54, 1.807) is 6.92 Å². The van der Waals surface area contributed by atoms with E-state index in [-0.39, 0.29) is 26.5 Å². The molecule has 0 fully saturated rings. The van der Waals surface area contributed by atoms with E-state index >= 15 is 0 Å². The van der Waals surface area contributed by atoms with Crippen LogP contribution in [0, 0.1) is 6.92 Å². The average Bonchev–Trinajstić information content (AvgIpc) is 2.73. The fraction of sp³-hybridized carbons (Fsp3) is 0.182. The summed E-state index contributed by atoms with van der Waals surface area (Å²) in [6.45, 7) is 1.64. The van der Waals surface area contributed by atoms with Crippen LogP contribution in [0.5, 0.6) is 5.75 Å². The first-order valence-corrected chi connectivity index (χ1v) is 7.56. The van der Waals surface area contributed by atoms with Crippen molar-refractivity contribution in [3.8, 4) is 5.75 Å². The van der Waals surface area contributed by atoms with Crippen LogP contribution >= 0.6 is 23.2 Å². The second-order valence-corrected chi connectivity index (χ2v) is 6.34. The lowest BCUT2D eigenvalue weighted by Gasteiger charge is -2.11. The number of anilines is 1. The number of nitrogens with one attached hydrogen (secondary N) is 1. The normalized spacial score (nSPS) is 11.4. The van der Waals surface area contributed by atoms with Gasteiger partial charge in [-0.3, -0.25) is 4.72 Å². The predicted octanol–water partition coefficient (Wildman–Crippen LogP) is 3.10. The van der Waals surface area contributed by atoms with Gasteiger partial charge in [-0.15, -0.1) is 0 Å². The van der Waals surface area contributed by atoms with Gasteiger partial charge in [-0.05, 0) is 19.1 Å². The molecule has 1 heterocycles. The number of rotatable bonds is 4. The van der Waals surface area contributed by atoms with E-state index in [1.807, 2.05) is 0 Å². The summed E-state index contributed by atoms with van der Waals surface area (Å²) in [5, 5.41) is 3.82. The van der Waals surface area contributed by atoms with Crippen molar-refractivity contribution in [2.24, 2.45) is 0 Å². The van der Waals surface area contributed by atoms with Crippen LogP contribution in [-0.2, 0) is 10.0 Å². The van der Waals surface area contributed by atoms with E-state index in [1.165, 1.54) is 25.3 Å². The van der Waals surface area contributed by atoms with E-state index in [0.29, 0.717) is 5.76 Å². The zero-order valence-electron chi connectivity index (χ0n) is 10.5. The average molecular weight is 337 g/mol. The van der Waals surface area contributed by atoms with Crippen molar-refractivity contribution in [3.05, 3.63) is 34.0 Å². The maximum Gasteiger partial charge on any atom is 0.266 e. The number of hydrogen-bond acceptors (Lipinski definition) is 5. The van der Waals surface area contributed by atoms with Gasteiger partial charge in [0.2, 0.25) is 0 Å². The van der Waals surface area contributed by atoms with Crippen molar-refractivity contribution in [2.45, 2.75) is 11.8 Å². The Morgan fingerprint density at radius 3 is 2.55 bits per heavy atom. The lowest BCUT2D eigenvalue weighted by Crippen LogP contribution is -2.14. The monoisotopic (exact) mass is 336 g/mol. The third-order valence-electron chi connectivity index (χ3n) is 2.33. The highest BCUT2D eigenvalue weighted by atomic mass is 35.5. The molecule has 0 saturated carbocycles. The topological polar surface area (TPSA) is 81.4 Å². The van der Waals surface area contributed by atoms with Gasteiger partial charge in [0, 0.05) is 11.1 Å². The molecule has 108 valence electrons. The number of methoxy groups -OCH3 is 1. The number of aromatic nitrogens is 1. The van der Waals surface area contributed by atoms with E-state index in [2.05, 4.69) is 9.88 Å².